The molecule has 1 aromatic carbocycles. The van der Waals surface area contributed by atoms with Crippen molar-refractivity contribution >= 4 is 21.9 Å². The number of nitrogens with zero attached hydrogens (tertiary/aromatic N) is 2. The minimum atomic E-state index is 0.514. The van der Waals surface area contributed by atoms with Crippen LogP contribution in [0.2, 0.25) is 0 Å². The zero-order chi connectivity index (χ0) is 13.8. The number of anilines is 1. The van der Waals surface area contributed by atoms with Gasteiger partial charge in [0.25, 0.3) is 0 Å². The lowest BCUT2D eigenvalue weighted by Gasteiger charge is -2.11. The Labute approximate surface area is 121 Å². The Kier molecular flexibility index (Phi) is 4.37. The summed E-state index contributed by atoms with van der Waals surface area (Å²) in [5.74, 6) is 1.88. The van der Waals surface area contributed by atoms with Crippen LogP contribution < -0.4 is 10.1 Å². The molecule has 0 saturated heterocycles. The van der Waals surface area contributed by atoms with Crippen LogP contribution in [0.15, 0.2) is 28.9 Å². The maximum Gasteiger partial charge on any atom is 0.238 e. The molecule has 0 aliphatic heterocycles. The second kappa shape index (κ2) is 6.02. The zero-order valence-electron chi connectivity index (χ0n) is 11.2. The third kappa shape index (κ3) is 3.44. The average Bonchev–Trinajstić information content (AvgIpc) is 2.38. The van der Waals surface area contributed by atoms with Crippen LogP contribution >= 0.6 is 15.9 Å². The van der Waals surface area contributed by atoms with Gasteiger partial charge in [-0.2, -0.15) is 4.98 Å². The van der Waals surface area contributed by atoms with Crippen LogP contribution in [0.1, 0.15) is 18.1 Å². The molecule has 2 aromatic rings. The fraction of sp³-hybridized carbons (Fsp3) is 0.286. The first-order valence-electron chi connectivity index (χ1n) is 6.11. The molecule has 0 aliphatic rings. The van der Waals surface area contributed by atoms with Gasteiger partial charge in [-0.15, -0.1) is 0 Å². The van der Waals surface area contributed by atoms with Crippen LogP contribution in [0.5, 0.6) is 11.6 Å². The van der Waals surface area contributed by atoms with E-state index in [0.29, 0.717) is 11.8 Å². The predicted octanol–water partition coefficient (Wildman–Crippen LogP) is 4.08. The Bertz CT molecular complexity index is 587. The van der Waals surface area contributed by atoms with Crippen LogP contribution in [0.3, 0.4) is 0 Å². The first kappa shape index (κ1) is 13.8. The molecule has 100 valence electrons. The predicted molar refractivity (Wildman–Crippen MR) is 79.9 cm³/mol. The van der Waals surface area contributed by atoms with Crippen LogP contribution in [-0.4, -0.2) is 16.5 Å². The third-order valence-corrected chi connectivity index (χ3v) is 3.14. The molecule has 0 saturated carbocycles. The van der Waals surface area contributed by atoms with Gasteiger partial charge < -0.3 is 10.1 Å². The molecule has 1 heterocycles. The first-order valence-corrected chi connectivity index (χ1v) is 6.91. The summed E-state index contributed by atoms with van der Waals surface area (Å²) in [6.45, 7) is 6.81. The van der Waals surface area contributed by atoms with E-state index in [-0.39, 0.29) is 0 Å². The molecule has 0 radical (unpaired) electrons. The van der Waals surface area contributed by atoms with Gasteiger partial charge in [0.2, 0.25) is 11.8 Å². The first-order chi connectivity index (χ1) is 9.10. The monoisotopic (exact) mass is 321 g/mol. The quantitative estimate of drug-likeness (QED) is 0.921. The van der Waals surface area contributed by atoms with Crippen molar-refractivity contribution in [2.75, 3.05) is 11.9 Å². The highest BCUT2D eigenvalue weighted by Crippen LogP contribution is 2.30. The third-order valence-electron chi connectivity index (χ3n) is 2.60. The number of aryl methyl sites for hydroxylation is 2. The SMILES string of the molecule is CCNc1ncc(Br)c(Oc2cc(C)ccc2C)n1. The van der Waals surface area contributed by atoms with Crippen molar-refractivity contribution in [2.24, 2.45) is 0 Å². The van der Waals surface area contributed by atoms with Gasteiger partial charge in [-0.25, -0.2) is 4.98 Å². The van der Waals surface area contributed by atoms with E-state index in [1.165, 1.54) is 0 Å². The molecule has 5 heteroatoms. The molecule has 0 fully saturated rings. The summed E-state index contributed by atoms with van der Waals surface area (Å²) in [5.41, 5.74) is 2.22. The molecule has 0 unspecified atom stereocenters. The van der Waals surface area contributed by atoms with Crippen molar-refractivity contribution in [1.82, 2.24) is 9.97 Å². The molecule has 0 amide bonds. The molecule has 0 atom stereocenters. The fourth-order valence-corrected chi connectivity index (χ4v) is 1.86. The molecule has 0 spiro atoms. The highest BCUT2D eigenvalue weighted by Gasteiger charge is 2.09. The second-order valence-corrected chi connectivity index (χ2v) is 5.10. The van der Waals surface area contributed by atoms with Crippen LogP contribution in [-0.2, 0) is 0 Å². The summed E-state index contributed by atoms with van der Waals surface area (Å²) in [6.07, 6.45) is 1.69. The van der Waals surface area contributed by atoms with E-state index in [4.69, 9.17) is 4.74 Å². The summed E-state index contributed by atoms with van der Waals surface area (Å²) < 4.78 is 6.60. The maximum absolute atomic E-state index is 5.87. The molecule has 0 aliphatic carbocycles. The highest BCUT2D eigenvalue weighted by atomic mass is 79.9. The topological polar surface area (TPSA) is 47.0 Å². The summed E-state index contributed by atoms with van der Waals surface area (Å²) >= 11 is 3.40. The van der Waals surface area contributed by atoms with Gasteiger partial charge in [0.15, 0.2) is 0 Å². The minimum absolute atomic E-state index is 0.514. The zero-order valence-corrected chi connectivity index (χ0v) is 12.8. The van der Waals surface area contributed by atoms with Crippen molar-refractivity contribution in [1.29, 1.82) is 0 Å². The van der Waals surface area contributed by atoms with Crippen LogP contribution in [0.25, 0.3) is 0 Å². The summed E-state index contributed by atoms with van der Waals surface area (Å²) in [4.78, 5) is 8.50. The Balaban J connectivity index is 2.31. The summed E-state index contributed by atoms with van der Waals surface area (Å²) in [5, 5.41) is 3.06. The van der Waals surface area contributed by atoms with E-state index in [2.05, 4.69) is 37.3 Å². The summed E-state index contributed by atoms with van der Waals surface area (Å²) in [6, 6.07) is 6.09. The van der Waals surface area contributed by atoms with Crippen LogP contribution in [0, 0.1) is 13.8 Å². The van der Waals surface area contributed by atoms with Crippen molar-refractivity contribution < 1.29 is 4.74 Å². The average molecular weight is 322 g/mol. The van der Waals surface area contributed by atoms with Gasteiger partial charge in [0, 0.05) is 6.54 Å². The fourth-order valence-electron chi connectivity index (χ4n) is 1.59. The number of ether oxygens (including phenoxy) is 1. The Hall–Kier alpha value is -1.62. The van der Waals surface area contributed by atoms with E-state index in [1.807, 2.05) is 32.9 Å². The standard InChI is InChI=1S/C14H16BrN3O/c1-4-16-14-17-8-11(15)13(18-14)19-12-7-9(2)5-6-10(12)3/h5-8H,4H2,1-3H3,(H,16,17,18). The molecule has 0 bridgehead atoms. The molecule has 19 heavy (non-hydrogen) atoms. The number of hydrogen-bond acceptors (Lipinski definition) is 4. The lowest BCUT2D eigenvalue weighted by Crippen LogP contribution is -2.03. The highest BCUT2D eigenvalue weighted by molar-refractivity contribution is 9.10. The van der Waals surface area contributed by atoms with E-state index in [9.17, 15) is 0 Å². The van der Waals surface area contributed by atoms with E-state index >= 15 is 0 Å². The molecule has 1 aromatic heterocycles. The maximum atomic E-state index is 5.87. The number of halogens is 1. The molecular formula is C14H16BrN3O. The van der Waals surface area contributed by atoms with Crippen molar-refractivity contribution in [3.05, 3.63) is 40.0 Å². The number of benzene rings is 1. The van der Waals surface area contributed by atoms with Crippen molar-refractivity contribution in [3.8, 4) is 11.6 Å². The minimum Gasteiger partial charge on any atom is -0.437 e. The normalized spacial score (nSPS) is 10.3. The van der Waals surface area contributed by atoms with Crippen molar-refractivity contribution in [2.45, 2.75) is 20.8 Å². The Morgan fingerprint density at radius 3 is 2.84 bits per heavy atom. The van der Waals surface area contributed by atoms with Gasteiger partial charge in [-0.05, 0) is 53.9 Å². The number of nitrogens with one attached hydrogen (secondary N) is 1. The van der Waals surface area contributed by atoms with E-state index in [0.717, 1.165) is 27.9 Å². The number of rotatable bonds is 4. The number of hydrogen-bond donors (Lipinski definition) is 1. The Morgan fingerprint density at radius 1 is 1.32 bits per heavy atom. The smallest absolute Gasteiger partial charge is 0.238 e. The van der Waals surface area contributed by atoms with Gasteiger partial charge in [-0.3, -0.25) is 0 Å². The lowest BCUT2D eigenvalue weighted by molar-refractivity contribution is 0.455. The molecule has 4 nitrogen and oxygen atoms in total. The molecule has 1 N–H and O–H groups in total. The van der Waals surface area contributed by atoms with Gasteiger partial charge in [-0.1, -0.05) is 12.1 Å². The lowest BCUT2D eigenvalue weighted by atomic mass is 10.1. The van der Waals surface area contributed by atoms with E-state index in [1.54, 1.807) is 6.20 Å². The van der Waals surface area contributed by atoms with Gasteiger partial charge in [0.05, 0.1) is 10.7 Å². The van der Waals surface area contributed by atoms with Gasteiger partial charge in [0.1, 0.15) is 5.75 Å². The molecule has 2 rings (SSSR count). The Morgan fingerprint density at radius 2 is 2.11 bits per heavy atom. The van der Waals surface area contributed by atoms with Crippen LogP contribution in [0.4, 0.5) is 5.95 Å². The van der Waals surface area contributed by atoms with E-state index < -0.39 is 0 Å². The molecular weight excluding hydrogens is 306 g/mol. The van der Waals surface area contributed by atoms with Crippen molar-refractivity contribution in [3.63, 3.8) is 0 Å². The second-order valence-electron chi connectivity index (χ2n) is 4.25. The number of aromatic nitrogens is 2. The summed E-state index contributed by atoms with van der Waals surface area (Å²) in [7, 11) is 0. The van der Waals surface area contributed by atoms with Gasteiger partial charge >= 0.3 is 0 Å². The largest absolute Gasteiger partial charge is 0.437 e.